The zero-order valence-electron chi connectivity index (χ0n) is 13.5. The van der Waals surface area contributed by atoms with Crippen LogP contribution in [0, 0.1) is 0 Å². The molecule has 0 unspecified atom stereocenters. The molecule has 1 fully saturated rings. The molecule has 3 rings (SSSR count). The fraction of sp³-hybridized carbons (Fsp3) is 0.375. The van der Waals surface area contributed by atoms with Crippen LogP contribution in [0.5, 0.6) is 0 Å². The second kappa shape index (κ2) is 7.67. The number of halogens is 1. The van der Waals surface area contributed by atoms with E-state index in [1.807, 2.05) is 29.2 Å². The van der Waals surface area contributed by atoms with Gasteiger partial charge in [-0.05, 0) is 18.2 Å². The average Bonchev–Trinajstić information content (AvgIpc) is 3.07. The zero-order chi connectivity index (χ0) is 17.9. The molecule has 0 spiro atoms. The minimum absolute atomic E-state index is 0.193. The van der Waals surface area contributed by atoms with Gasteiger partial charge in [-0.2, -0.15) is 5.10 Å². The van der Waals surface area contributed by atoms with Gasteiger partial charge in [0.15, 0.2) is 9.84 Å². The molecule has 0 bridgehead atoms. The number of hydrogen-bond donors (Lipinski definition) is 2. The number of amides is 1. The van der Waals surface area contributed by atoms with Crippen molar-refractivity contribution in [3.63, 3.8) is 0 Å². The van der Waals surface area contributed by atoms with Crippen LogP contribution in [0.15, 0.2) is 34.8 Å². The third kappa shape index (κ3) is 4.90. The van der Waals surface area contributed by atoms with Crippen LogP contribution in [0.4, 0.5) is 0 Å². The first-order valence-corrected chi connectivity index (χ1v) is 10.6. The van der Waals surface area contributed by atoms with Gasteiger partial charge in [0.25, 0.3) is 5.91 Å². The smallest absolute Gasteiger partial charge is 0.269 e. The van der Waals surface area contributed by atoms with Gasteiger partial charge in [-0.25, -0.2) is 8.42 Å². The highest BCUT2D eigenvalue weighted by atomic mass is 79.9. The van der Waals surface area contributed by atoms with Crippen LogP contribution < -0.4 is 5.32 Å². The molecule has 0 saturated carbocycles. The molecule has 1 aliphatic rings. The molecule has 7 nitrogen and oxygen atoms in total. The van der Waals surface area contributed by atoms with E-state index in [0.717, 1.165) is 10.0 Å². The SMILES string of the molecule is O=C(NCCN1CCS(=O)(=O)CC1)c1cc(-c2ccc(Br)cc2)n[nH]1. The van der Waals surface area contributed by atoms with Crippen molar-refractivity contribution in [2.45, 2.75) is 0 Å². The normalized spacial score (nSPS) is 17.3. The Morgan fingerprint density at radius 3 is 2.60 bits per heavy atom. The number of carbonyl (C=O) groups is 1. The molecular weight excluding hydrogens is 408 g/mol. The molecule has 9 heteroatoms. The summed E-state index contributed by atoms with van der Waals surface area (Å²) in [5, 5.41) is 9.76. The second-order valence-electron chi connectivity index (χ2n) is 5.92. The number of sulfone groups is 1. The first-order chi connectivity index (χ1) is 11.9. The van der Waals surface area contributed by atoms with Crippen molar-refractivity contribution < 1.29 is 13.2 Å². The van der Waals surface area contributed by atoms with Gasteiger partial charge in [0.1, 0.15) is 5.69 Å². The summed E-state index contributed by atoms with van der Waals surface area (Å²) in [6.07, 6.45) is 0. The third-order valence-corrected chi connectivity index (χ3v) is 6.25. The van der Waals surface area contributed by atoms with Gasteiger partial charge < -0.3 is 5.32 Å². The summed E-state index contributed by atoms with van der Waals surface area (Å²) < 4.78 is 23.8. The first kappa shape index (κ1) is 18.1. The number of benzene rings is 1. The Balaban J connectivity index is 1.50. The van der Waals surface area contributed by atoms with Gasteiger partial charge in [-0.15, -0.1) is 0 Å². The summed E-state index contributed by atoms with van der Waals surface area (Å²) >= 11 is 3.38. The Morgan fingerprint density at radius 2 is 1.92 bits per heavy atom. The van der Waals surface area contributed by atoms with E-state index in [-0.39, 0.29) is 17.4 Å². The lowest BCUT2D eigenvalue weighted by Crippen LogP contribution is -2.43. The van der Waals surface area contributed by atoms with Crippen molar-refractivity contribution in [2.75, 3.05) is 37.7 Å². The largest absolute Gasteiger partial charge is 0.349 e. The molecule has 1 amide bonds. The summed E-state index contributed by atoms with van der Waals surface area (Å²) in [4.78, 5) is 14.2. The lowest BCUT2D eigenvalue weighted by molar-refractivity contribution is 0.0943. The number of carbonyl (C=O) groups excluding carboxylic acids is 1. The summed E-state index contributed by atoms with van der Waals surface area (Å²) in [5.74, 6) is 0.163. The molecule has 2 aromatic rings. The van der Waals surface area contributed by atoms with Gasteiger partial charge in [0.2, 0.25) is 0 Å². The fourth-order valence-electron chi connectivity index (χ4n) is 2.60. The number of rotatable bonds is 5. The van der Waals surface area contributed by atoms with E-state index in [0.29, 0.717) is 37.6 Å². The summed E-state index contributed by atoms with van der Waals surface area (Å²) in [5.41, 5.74) is 2.03. The quantitative estimate of drug-likeness (QED) is 0.750. The molecule has 134 valence electrons. The molecule has 0 atom stereocenters. The molecule has 1 aromatic carbocycles. The van der Waals surface area contributed by atoms with Crippen LogP contribution in [-0.2, 0) is 9.84 Å². The minimum Gasteiger partial charge on any atom is -0.349 e. The lowest BCUT2D eigenvalue weighted by atomic mass is 10.1. The van der Waals surface area contributed by atoms with Crippen molar-refractivity contribution in [2.24, 2.45) is 0 Å². The highest BCUT2D eigenvalue weighted by molar-refractivity contribution is 9.10. The maximum Gasteiger partial charge on any atom is 0.269 e. The van der Waals surface area contributed by atoms with Gasteiger partial charge in [0.05, 0.1) is 17.2 Å². The maximum absolute atomic E-state index is 12.2. The summed E-state index contributed by atoms with van der Waals surface area (Å²) in [6.45, 7) is 2.15. The number of aromatic nitrogens is 2. The molecule has 0 aliphatic carbocycles. The summed E-state index contributed by atoms with van der Waals surface area (Å²) in [7, 11) is -2.87. The predicted molar refractivity (Wildman–Crippen MR) is 99.2 cm³/mol. The van der Waals surface area contributed by atoms with Gasteiger partial charge in [-0.1, -0.05) is 28.1 Å². The van der Waals surface area contributed by atoms with Gasteiger partial charge in [0, 0.05) is 36.2 Å². The standard InChI is InChI=1S/C16H19BrN4O3S/c17-13-3-1-12(2-4-13)14-11-15(20-19-14)16(22)18-5-6-21-7-9-25(23,24)10-8-21/h1-4,11H,5-10H2,(H,18,22)(H,19,20). The zero-order valence-corrected chi connectivity index (χ0v) is 15.9. The van der Waals surface area contributed by atoms with Crippen LogP contribution in [-0.4, -0.2) is 67.1 Å². The van der Waals surface area contributed by atoms with E-state index in [1.165, 1.54) is 0 Å². The van der Waals surface area contributed by atoms with E-state index in [4.69, 9.17) is 0 Å². The second-order valence-corrected chi connectivity index (χ2v) is 9.14. The number of hydrogen-bond acceptors (Lipinski definition) is 5. The van der Waals surface area contributed by atoms with Crippen LogP contribution in [0.1, 0.15) is 10.5 Å². The van der Waals surface area contributed by atoms with Crippen LogP contribution in [0.2, 0.25) is 0 Å². The molecule has 2 N–H and O–H groups in total. The van der Waals surface area contributed by atoms with Gasteiger partial charge in [-0.3, -0.25) is 14.8 Å². The van der Waals surface area contributed by atoms with Crippen molar-refractivity contribution in [3.8, 4) is 11.3 Å². The van der Waals surface area contributed by atoms with E-state index in [2.05, 4.69) is 31.4 Å². The fourth-order valence-corrected chi connectivity index (χ4v) is 4.14. The number of nitrogens with one attached hydrogen (secondary N) is 2. The maximum atomic E-state index is 12.2. The Labute approximate surface area is 154 Å². The van der Waals surface area contributed by atoms with Crippen molar-refractivity contribution in [1.82, 2.24) is 20.4 Å². The Hall–Kier alpha value is -1.71. The van der Waals surface area contributed by atoms with Gasteiger partial charge >= 0.3 is 0 Å². The molecular formula is C16H19BrN4O3S. The molecule has 1 aromatic heterocycles. The topological polar surface area (TPSA) is 95.2 Å². The van der Waals surface area contributed by atoms with Crippen LogP contribution in [0.3, 0.4) is 0 Å². The average molecular weight is 427 g/mol. The van der Waals surface area contributed by atoms with E-state index in [1.54, 1.807) is 6.07 Å². The Bertz CT molecular complexity index is 835. The minimum atomic E-state index is -2.87. The van der Waals surface area contributed by atoms with Crippen LogP contribution in [0.25, 0.3) is 11.3 Å². The molecule has 25 heavy (non-hydrogen) atoms. The molecule has 2 heterocycles. The predicted octanol–water partition coefficient (Wildman–Crippen LogP) is 1.30. The van der Waals surface area contributed by atoms with Crippen LogP contribution >= 0.6 is 15.9 Å². The third-order valence-electron chi connectivity index (χ3n) is 4.11. The monoisotopic (exact) mass is 426 g/mol. The highest BCUT2D eigenvalue weighted by Gasteiger charge is 2.21. The Kier molecular flexibility index (Phi) is 5.55. The number of aromatic amines is 1. The van der Waals surface area contributed by atoms with Crippen molar-refractivity contribution >= 4 is 31.7 Å². The van der Waals surface area contributed by atoms with E-state index in [9.17, 15) is 13.2 Å². The molecule has 1 aliphatic heterocycles. The molecule has 0 radical (unpaired) electrons. The first-order valence-electron chi connectivity index (χ1n) is 7.95. The molecule has 1 saturated heterocycles. The summed E-state index contributed by atoms with van der Waals surface area (Å²) in [6, 6.07) is 9.40. The van der Waals surface area contributed by atoms with Crippen molar-refractivity contribution in [3.05, 3.63) is 40.5 Å². The number of nitrogens with zero attached hydrogens (tertiary/aromatic N) is 2. The van der Waals surface area contributed by atoms with Crippen molar-refractivity contribution in [1.29, 1.82) is 0 Å². The lowest BCUT2D eigenvalue weighted by Gasteiger charge is -2.26. The Morgan fingerprint density at radius 1 is 1.24 bits per heavy atom. The van der Waals surface area contributed by atoms with E-state index < -0.39 is 9.84 Å². The van der Waals surface area contributed by atoms with E-state index >= 15 is 0 Å². The number of H-pyrrole nitrogens is 1. The highest BCUT2D eigenvalue weighted by Crippen LogP contribution is 2.20.